The zero-order valence-corrected chi connectivity index (χ0v) is 11.1. The summed E-state index contributed by atoms with van der Waals surface area (Å²) in [6, 6.07) is 14.5. The monoisotopic (exact) mass is 280 g/mol. The van der Waals surface area contributed by atoms with E-state index in [-0.39, 0.29) is 0 Å². The van der Waals surface area contributed by atoms with Crippen LogP contribution < -0.4 is 0 Å². The van der Waals surface area contributed by atoms with E-state index in [9.17, 15) is 4.79 Å². The maximum Gasteiger partial charge on any atom is 0.261 e. The van der Waals surface area contributed by atoms with Gasteiger partial charge in [-0.3, -0.25) is 4.79 Å². The number of para-hydroxylation sites is 2. The second-order valence-corrected chi connectivity index (χ2v) is 5.03. The predicted octanol–water partition coefficient (Wildman–Crippen LogP) is 3.66. The molecule has 0 N–H and O–H groups in total. The first-order valence-corrected chi connectivity index (χ1v) is 6.64. The molecule has 0 amide bonds. The third-order valence-electron chi connectivity index (χ3n) is 2.73. The molecule has 0 bridgehead atoms. The number of hydrogen-bond acceptors (Lipinski definition) is 5. The van der Waals surface area contributed by atoms with Gasteiger partial charge in [0.05, 0.1) is 5.56 Å². The van der Waals surface area contributed by atoms with E-state index < -0.39 is 0 Å². The third kappa shape index (κ3) is 2.29. The molecule has 1 heterocycles. The highest BCUT2D eigenvalue weighted by atomic mass is 32.2. The molecule has 0 aliphatic rings. The largest absolute Gasteiger partial charge is 0.431 e. The van der Waals surface area contributed by atoms with Crippen molar-refractivity contribution in [3.05, 3.63) is 53.6 Å². The summed E-state index contributed by atoms with van der Waals surface area (Å²) in [7, 11) is 0. The number of carbonyl (C=O) groups is 1. The molecule has 0 aliphatic carbocycles. The lowest BCUT2D eigenvalue weighted by Crippen LogP contribution is -1.86. The van der Waals surface area contributed by atoms with Crippen molar-refractivity contribution in [1.29, 1.82) is 5.26 Å². The Morgan fingerprint density at radius 1 is 1.25 bits per heavy atom. The fourth-order valence-corrected chi connectivity index (χ4v) is 2.60. The number of hydrogen-bond donors (Lipinski definition) is 0. The standard InChI is InChI=1S/C15H8N2O2S/c16-8-11-7-10(9-18)5-6-14(11)20-15-17-12-3-1-2-4-13(12)19-15/h1-7,9H. The Morgan fingerprint density at radius 3 is 2.85 bits per heavy atom. The Labute approximate surface area is 119 Å². The van der Waals surface area contributed by atoms with Crippen molar-refractivity contribution in [1.82, 2.24) is 4.98 Å². The minimum absolute atomic E-state index is 0.432. The third-order valence-corrected chi connectivity index (χ3v) is 3.66. The Bertz CT molecular complexity index is 800. The number of aromatic nitrogens is 1. The van der Waals surface area contributed by atoms with Crippen LogP contribution in [0.1, 0.15) is 15.9 Å². The van der Waals surface area contributed by atoms with Gasteiger partial charge in [-0.15, -0.1) is 0 Å². The predicted molar refractivity (Wildman–Crippen MR) is 74.7 cm³/mol. The van der Waals surface area contributed by atoms with Crippen molar-refractivity contribution in [3.63, 3.8) is 0 Å². The number of fused-ring (bicyclic) bond motifs is 1. The van der Waals surface area contributed by atoms with E-state index in [2.05, 4.69) is 11.1 Å². The summed E-state index contributed by atoms with van der Waals surface area (Å²) in [5, 5.41) is 9.60. The molecule has 0 unspecified atom stereocenters. The summed E-state index contributed by atoms with van der Waals surface area (Å²) in [5.74, 6) is 0. The molecule has 4 nitrogen and oxygen atoms in total. The molecule has 3 rings (SSSR count). The van der Waals surface area contributed by atoms with E-state index in [0.29, 0.717) is 33.1 Å². The Balaban J connectivity index is 1.98. The van der Waals surface area contributed by atoms with E-state index in [0.717, 1.165) is 5.52 Å². The molecule has 5 heteroatoms. The van der Waals surface area contributed by atoms with Crippen molar-refractivity contribution in [2.24, 2.45) is 0 Å². The van der Waals surface area contributed by atoms with Crippen LogP contribution >= 0.6 is 11.8 Å². The SMILES string of the molecule is N#Cc1cc(C=O)ccc1Sc1nc2ccccc2o1. The van der Waals surface area contributed by atoms with Gasteiger partial charge in [0.25, 0.3) is 5.22 Å². The fourth-order valence-electron chi connectivity index (χ4n) is 1.79. The molecule has 0 saturated heterocycles. The lowest BCUT2D eigenvalue weighted by molar-refractivity contribution is 0.112. The van der Waals surface area contributed by atoms with Gasteiger partial charge in [0.2, 0.25) is 0 Å². The number of oxazole rings is 1. The first-order chi connectivity index (χ1) is 9.80. The molecule has 20 heavy (non-hydrogen) atoms. The van der Waals surface area contributed by atoms with Crippen LogP contribution in [0.2, 0.25) is 0 Å². The van der Waals surface area contributed by atoms with E-state index in [1.54, 1.807) is 18.2 Å². The molecule has 2 aromatic carbocycles. The smallest absolute Gasteiger partial charge is 0.261 e. The number of nitrogens with zero attached hydrogens (tertiary/aromatic N) is 2. The van der Waals surface area contributed by atoms with Gasteiger partial charge in [0, 0.05) is 10.5 Å². The molecule has 1 aromatic heterocycles. The maximum absolute atomic E-state index is 10.7. The second kappa shape index (κ2) is 5.19. The van der Waals surface area contributed by atoms with Crippen molar-refractivity contribution in [3.8, 4) is 6.07 Å². The highest BCUT2D eigenvalue weighted by Crippen LogP contribution is 2.32. The topological polar surface area (TPSA) is 66.9 Å². The first kappa shape index (κ1) is 12.5. The lowest BCUT2D eigenvalue weighted by atomic mass is 10.1. The van der Waals surface area contributed by atoms with E-state index in [4.69, 9.17) is 9.68 Å². The summed E-state index contributed by atoms with van der Waals surface area (Å²) in [6.45, 7) is 0. The number of rotatable bonds is 3. The maximum atomic E-state index is 10.7. The lowest BCUT2D eigenvalue weighted by Gasteiger charge is -2.00. The quantitative estimate of drug-likeness (QED) is 0.685. The fraction of sp³-hybridized carbons (Fsp3) is 0. The zero-order valence-electron chi connectivity index (χ0n) is 10.2. The molecular formula is C15H8N2O2S. The van der Waals surface area contributed by atoms with Gasteiger partial charge in [0.1, 0.15) is 17.9 Å². The van der Waals surface area contributed by atoms with Gasteiger partial charge in [-0.1, -0.05) is 18.2 Å². The summed E-state index contributed by atoms with van der Waals surface area (Å²) in [6.07, 6.45) is 0.717. The minimum Gasteiger partial charge on any atom is -0.431 e. The average Bonchev–Trinajstić information content (AvgIpc) is 2.90. The average molecular weight is 280 g/mol. The summed E-state index contributed by atoms with van der Waals surface area (Å²) in [5.41, 5.74) is 2.39. The van der Waals surface area contributed by atoms with Gasteiger partial charge in [-0.25, -0.2) is 4.98 Å². The van der Waals surface area contributed by atoms with Gasteiger partial charge in [-0.05, 0) is 36.0 Å². The normalized spacial score (nSPS) is 10.3. The van der Waals surface area contributed by atoms with Gasteiger partial charge in [0.15, 0.2) is 5.58 Å². The van der Waals surface area contributed by atoms with Gasteiger partial charge in [-0.2, -0.15) is 5.26 Å². The Hall–Kier alpha value is -2.58. The van der Waals surface area contributed by atoms with Crippen LogP contribution in [0, 0.1) is 11.3 Å². The van der Waals surface area contributed by atoms with E-state index in [1.165, 1.54) is 11.8 Å². The van der Waals surface area contributed by atoms with Crippen molar-refractivity contribution in [2.75, 3.05) is 0 Å². The minimum atomic E-state index is 0.432. The van der Waals surface area contributed by atoms with Crippen LogP contribution in [0.4, 0.5) is 0 Å². The molecule has 0 aliphatic heterocycles. The molecule has 96 valence electrons. The van der Waals surface area contributed by atoms with Gasteiger partial charge >= 0.3 is 0 Å². The highest BCUT2D eigenvalue weighted by molar-refractivity contribution is 7.99. The molecule has 0 atom stereocenters. The summed E-state index contributed by atoms with van der Waals surface area (Å²) >= 11 is 1.27. The summed E-state index contributed by atoms with van der Waals surface area (Å²) < 4.78 is 5.60. The van der Waals surface area contributed by atoms with E-state index >= 15 is 0 Å². The summed E-state index contributed by atoms with van der Waals surface area (Å²) in [4.78, 5) is 15.8. The van der Waals surface area contributed by atoms with Gasteiger partial charge < -0.3 is 4.42 Å². The first-order valence-electron chi connectivity index (χ1n) is 5.83. The van der Waals surface area contributed by atoms with Crippen LogP contribution in [-0.4, -0.2) is 11.3 Å². The molecule has 0 spiro atoms. The van der Waals surface area contributed by atoms with Crippen LogP contribution in [0.3, 0.4) is 0 Å². The Kier molecular flexibility index (Phi) is 3.23. The molecule has 0 saturated carbocycles. The molecule has 3 aromatic rings. The van der Waals surface area contributed by atoms with E-state index in [1.807, 2.05) is 24.3 Å². The van der Waals surface area contributed by atoms with Crippen LogP contribution in [-0.2, 0) is 0 Å². The molecule has 0 fully saturated rings. The Morgan fingerprint density at radius 2 is 2.10 bits per heavy atom. The van der Waals surface area contributed by atoms with Crippen LogP contribution in [0.15, 0.2) is 57.0 Å². The van der Waals surface area contributed by atoms with Crippen LogP contribution in [0.25, 0.3) is 11.1 Å². The van der Waals surface area contributed by atoms with Crippen LogP contribution in [0.5, 0.6) is 0 Å². The second-order valence-electron chi connectivity index (χ2n) is 4.03. The zero-order chi connectivity index (χ0) is 13.9. The van der Waals surface area contributed by atoms with Crippen molar-refractivity contribution < 1.29 is 9.21 Å². The van der Waals surface area contributed by atoms with Crippen molar-refractivity contribution >= 4 is 29.1 Å². The number of aldehydes is 1. The number of benzene rings is 2. The molecule has 0 radical (unpaired) electrons. The number of nitriles is 1. The van der Waals surface area contributed by atoms with Crippen molar-refractivity contribution in [2.45, 2.75) is 10.1 Å². The molecular weight excluding hydrogens is 272 g/mol. The number of carbonyl (C=O) groups excluding carboxylic acids is 1. The highest BCUT2D eigenvalue weighted by Gasteiger charge is 2.10.